The number of hydrogen-bond acceptors (Lipinski definition) is 6. The molecule has 1 saturated heterocycles. The molecule has 0 aliphatic carbocycles. The Hall–Kier alpha value is -3.43. The number of aliphatic hydroxyl groups is 1. The number of carbonyl (C=O) groups excluding carboxylic acids is 2. The van der Waals surface area contributed by atoms with Crippen LogP contribution in [0.25, 0.3) is 16.0 Å². The summed E-state index contributed by atoms with van der Waals surface area (Å²) in [5.41, 5.74) is 2.11. The summed E-state index contributed by atoms with van der Waals surface area (Å²) in [5, 5.41) is 13.4. The first-order valence-electron chi connectivity index (χ1n) is 11.2. The van der Waals surface area contributed by atoms with E-state index in [1.807, 2.05) is 51.3 Å². The molecule has 1 aliphatic rings. The van der Waals surface area contributed by atoms with Gasteiger partial charge in [-0.25, -0.2) is 13.8 Å². The van der Waals surface area contributed by atoms with E-state index in [0.29, 0.717) is 15.1 Å². The first-order valence-corrected chi connectivity index (χ1v) is 12.9. The monoisotopic (exact) mass is 524 g/mol. The lowest BCUT2D eigenvalue weighted by Gasteiger charge is -2.23. The number of thiophene rings is 1. The van der Waals surface area contributed by atoms with Crippen molar-refractivity contribution in [1.29, 1.82) is 0 Å². The number of fused-ring (bicyclic) bond motifs is 1. The lowest BCUT2D eigenvalue weighted by Crippen LogP contribution is -2.28. The van der Waals surface area contributed by atoms with Gasteiger partial charge in [-0.2, -0.15) is 0 Å². The first-order chi connectivity index (χ1) is 17.0. The van der Waals surface area contributed by atoms with E-state index < -0.39 is 29.4 Å². The van der Waals surface area contributed by atoms with Gasteiger partial charge in [-0.1, -0.05) is 50.3 Å². The van der Waals surface area contributed by atoms with Crippen LogP contribution in [0.3, 0.4) is 0 Å². The van der Waals surface area contributed by atoms with Gasteiger partial charge in [0.25, 0.3) is 5.78 Å². The van der Waals surface area contributed by atoms with Crippen LogP contribution in [-0.4, -0.2) is 21.8 Å². The molecule has 3 heterocycles. The van der Waals surface area contributed by atoms with Crippen LogP contribution < -0.4 is 4.90 Å². The van der Waals surface area contributed by atoms with Gasteiger partial charge in [0.1, 0.15) is 11.8 Å². The zero-order valence-electron chi connectivity index (χ0n) is 19.9. The average molecular weight is 525 g/mol. The third kappa shape index (κ3) is 3.92. The molecular weight excluding hydrogens is 502 g/mol. The molecule has 0 saturated carbocycles. The predicted molar refractivity (Wildman–Crippen MR) is 139 cm³/mol. The molecule has 1 unspecified atom stereocenters. The number of Topliss-reactive ketones (excluding diaryl/α,β-unsaturated/α-hetero) is 1. The van der Waals surface area contributed by atoms with Crippen LogP contribution in [0.2, 0.25) is 0 Å². The quantitative estimate of drug-likeness (QED) is 0.180. The number of thiazole rings is 1. The van der Waals surface area contributed by atoms with E-state index in [0.717, 1.165) is 34.6 Å². The maximum absolute atomic E-state index is 13.8. The summed E-state index contributed by atoms with van der Waals surface area (Å²) in [4.78, 5) is 32.9. The summed E-state index contributed by atoms with van der Waals surface area (Å²) >= 11 is 2.31. The minimum atomic E-state index is -1.05. The molecule has 0 spiro atoms. The van der Waals surface area contributed by atoms with Crippen LogP contribution in [0, 0.1) is 18.6 Å². The molecule has 1 atom stereocenters. The van der Waals surface area contributed by atoms with Crippen LogP contribution in [0.15, 0.2) is 53.4 Å². The minimum absolute atomic E-state index is 0.0479. The zero-order valence-corrected chi connectivity index (χ0v) is 21.6. The fourth-order valence-corrected chi connectivity index (χ4v) is 6.07. The largest absolute Gasteiger partial charge is 0.507 e. The second-order valence-electron chi connectivity index (χ2n) is 9.69. The van der Waals surface area contributed by atoms with Gasteiger partial charge in [-0.3, -0.25) is 14.5 Å². The van der Waals surface area contributed by atoms with Crippen molar-refractivity contribution in [3.63, 3.8) is 0 Å². The number of aromatic nitrogens is 1. The van der Waals surface area contributed by atoms with E-state index in [1.165, 1.54) is 16.2 Å². The van der Waals surface area contributed by atoms with Crippen LogP contribution in [0.1, 0.15) is 48.4 Å². The van der Waals surface area contributed by atoms with Crippen molar-refractivity contribution in [3.05, 3.63) is 86.6 Å². The highest BCUT2D eigenvalue weighted by molar-refractivity contribution is 7.22. The standard InChI is InChI=1S/C27H22F2N2O3S2/c1-13-7-8-14(27(2,3)4)10-15(13)23(32)21-22(19-6-5-9-35-19)31(25(34)24(21)33)26-30-18-11-16(28)17(29)12-20(18)36-26/h5-12,22,32H,1-4H3/b23-21+. The number of ketones is 1. The average Bonchev–Trinajstić information content (AvgIpc) is 3.52. The Labute approximate surface area is 214 Å². The number of halogens is 2. The van der Waals surface area contributed by atoms with Crippen molar-refractivity contribution in [2.75, 3.05) is 4.90 Å². The molecule has 2 aromatic heterocycles. The fraction of sp³-hybridized carbons (Fsp3) is 0.222. The topological polar surface area (TPSA) is 70.5 Å². The number of aryl methyl sites for hydroxylation is 1. The Bertz CT molecular complexity index is 1530. The summed E-state index contributed by atoms with van der Waals surface area (Å²) in [6, 6.07) is 10.3. The molecule has 1 amide bonds. The van der Waals surface area contributed by atoms with Crippen molar-refractivity contribution in [2.24, 2.45) is 0 Å². The normalized spacial score (nSPS) is 17.9. The van der Waals surface area contributed by atoms with E-state index >= 15 is 0 Å². The maximum atomic E-state index is 13.8. The van der Waals surface area contributed by atoms with Gasteiger partial charge < -0.3 is 5.11 Å². The number of rotatable bonds is 3. The lowest BCUT2D eigenvalue weighted by atomic mass is 9.84. The van der Waals surface area contributed by atoms with Crippen LogP contribution in [0.4, 0.5) is 13.9 Å². The number of hydrogen-bond donors (Lipinski definition) is 1. The van der Waals surface area contributed by atoms with E-state index in [4.69, 9.17) is 0 Å². The minimum Gasteiger partial charge on any atom is -0.507 e. The third-order valence-corrected chi connectivity index (χ3v) is 8.18. The van der Waals surface area contributed by atoms with Gasteiger partial charge in [0.05, 0.1) is 15.8 Å². The van der Waals surface area contributed by atoms with Crippen molar-refractivity contribution >= 4 is 55.5 Å². The Morgan fingerprint density at radius 3 is 2.47 bits per heavy atom. The SMILES string of the molecule is Cc1ccc(C(C)(C)C)cc1/C(O)=C1\C(=O)C(=O)N(c2nc3cc(F)c(F)cc3s2)C1c1cccs1. The van der Waals surface area contributed by atoms with E-state index in [1.54, 1.807) is 12.1 Å². The molecule has 184 valence electrons. The first kappa shape index (κ1) is 24.3. The number of anilines is 1. The van der Waals surface area contributed by atoms with Gasteiger partial charge >= 0.3 is 5.91 Å². The number of amides is 1. The van der Waals surface area contributed by atoms with E-state index in [2.05, 4.69) is 4.98 Å². The summed E-state index contributed by atoms with van der Waals surface area (Å²) < 4.78 is 28.0. The smallest absolute Gasteiger partial charge is 0.301 e. The van der Waals surface area contributed by atoms with Gasteiger partial charge in [-0.15, -0.1) is 11.3 Å². The Morgan fingerprint density at radius 2 is 1.81 bits per heavy atom. The molecule has 0 radical (unpaired) electrons. The van der Waals surface area contributed by atoms with Crippen LogP contribution in [-0.2, 0) is 15.0 Å². The van der Waals surface area contributed by atoms with Crippen LogP contribution >= 0.6 is 22.7 Å². The predicted octanol–water partition coefficient (Wildman–Crippen LogP) is 6.87. The van der Waals surface area contributed by atoms with Crippen molar-refractivity contribution in [2.45, 2.75) is 39.2 Å². The molecule has 4 aromatic rings. The summed E-state index contributed by atoms with van der Waals surface area (Å²) in [5.74, 6) is -4.05. The maximum Gasteiger partial charge on any atom is 0.301 e. The number of benzene rings is 2. The number of aliphatic hydroxyl groups excluding tert-OH is 1. The van der Waals surface area contributed by atoms with Gasteiger partial charge in [0.15, 0.2) is 16.8 Å². The van der Waals surface area contributed by atoms with Crippen molar-refractivity contribution < 1.29 is 23.5 Å². The second-order valence-corrected chi connectivity index (χ2v) is 11.7. The summed E-state index contributed by atoms with van der Waals surface area (Å²) in [7, 11) is 0. The molecular formula is C27H22F2N2O3S2. The Balaban J connectivity index is 1.72. The summed E-state index contributed by atoms with van der Waals surface area (Å²) in [6.45, 7) is 7.97. The summed E-state index contributed by atoms with van der Waals surface area (Å²) in [6.07, 6.45) is 0. The molecule has 1 aliphatic heterocycles. The van der Waals surface area contributed by atoms with E-state index in [9.17, 15) is 23.5 Å². The highest BCUT2D eigenvalue weighted by Gasteiger charge is 2.48. The van der Waals surface area contributed by atoms with E-state index in [-0.39, 0.29) is 27.4 Å². The lowest BCUT2D eigenvalue weighted by molar-refractivity contribution is -0.132. The number of nitrogens with zero attached hydrogens (tertiary/aromatic N) is 2. The van der Waals surface area contributed by atoms with Gasteiger partial charge in [0.2, 0.25) is 0 Å². The Morgan fingerprint density at radius 1 is 1.08 bits per heavy atom. The van der Waals surface area contributed by atoms with Gasteiger partial charge in [0, 0.05) is 16.5 Å². The number of carbonyl (C=O) groups is 2. The highest BCUT2D eigenvalue weighted by Crippen LogP contribution is 2.46. The fourth-order valence-electron chi connectivity index (χ4n) is 4.25. The Kier molecular flexibility index (Phi) is 5.80. The molecule has 2 aromatic carbocycles. The highest BCUT2D eigenvalue weighted by atomic mass is 32.1. The molecule has 9 heteroatoms. The second kappa shape index (κ2) is 8.60. The molecule has 36 heavy (non-hydrogen) atoms. The molecule has 1 fully saturated rings. The van der Waals surface area contributed by atoms with Crippen LogP contribution in [0.5, 0.6) is 0 Å². The molecule has 5 rings (SSSR count). The zero-order chi connectivity index (χ0) is 25.9. The molecule has 5 nitrogen and oxygen atoms in total. The third-order valence-electron chi connectivity index (χ3n) is 6.24. The van der Waals surface area contributed by atoms with Gasteiger partial charge in [-0.05, 0) is 47.0 Å². The molecule has 1 N–H and O–H groups in total. The molecule has 0 bridgehead atoms. The van der Waals surface area contributed by atoms with Crippen molar-refractivity contribution in [1.82, 2.24) is 4.98 Å². The van der Waals surface area contributed by atoms with Crippen molar-refractivity contribution in [3.8, 4) is 0 Å².